The maximum Gasteiger partial charge on any atom is 0.227 e. The molecule has 3 aromatic carbocycles. The van der Waals surface area contributed by atoms with Gasteiger partial charge in [0.05, 0.1) is 24.7 Å². The van der Waals surface area contributed by atoms with Crippen molar-refractivity contribution in [2.24, 2.45) is 0 Å². The molecule has 1 aromatic heterocycles. The number of carbonyl (C=O) groups is 1. The molecule has 2 atom stereocenters. The summed E-state index contributed by atoms with van der Waals surface area (Å²) in [4.78, 5) is 19.2. The fourth-order valence-electron chi connectivity index (χ4n) is 4.50. The van der Waals surface area contributed by atoms with Crippen LogP contribution in [0.5, 0.6) is 11.5 Å². The van der Waals surface area contributed by atoms with E-state index in [2.05, 4.69) is 0 Å². The van der Waals surface area contributed by atoms with E-state index in [0.717, 1.165) is 22.6 Å². The lowest BCUT2D eigenvalue weighted by atomic mass is 10.1. The van der Waals surface area contributed by atoms with Crippen molar-refractivity contribution >= 4 is 22.6 Å². The highest BCUT2D eigenvalue weighted by molar-refractivity contribution is 5.96. The normalized spacial score (nSPS) is 16.6. The van der Waals surface area contributed by atoms with E-state index < -0.39 is 6.10 Å². The predicted molar refractivity (Wildman–Crippen MR) is 130 cm³/mol. The molecule has 0 saturated carbocycles. The number of hydrogen-bond acceptors (Lipinski definition) is 5. The minimum absolute atomic E-state index is 0.0809. The number of ether oxygens (including phenoxy) is 2. The predicted octanol–water partition coefficient (Wildman–Crippen LogP) is 4.14. The zero-order valence-corrected chi connectivity index (χ0v) is 19.3. The van der Waals surface area contributed by atoms with Crippen molar-refractivity contribution in [3.05, 3.63) is 84.4 Å². The van der Waals surface area contributed by atoms with Crippen LogP contribution in [0.4, 0.5) is 10.1 Å². The molecule has 35 heavy (non-hydrogen) atoms. The number of nitrogens with zero attached hydrogens (tertiary/aromatic N) is 3. The van der Waals surface area contributed by atoms with Gasteiger partial charge >= 0.3 is 0 Å². The van der Waals surface area contributed by atoms with E-state index in [1.54, 1.807) is 48.4 Å². The summed E-state index contributed by atoms with van der Waals surface area (Å²) in [6, 6.07) is 20.9. The van der Waals surface area contributed by atoms with Crippen LogP contribution in [-0.2, 0) is 11.3 Å². The van der Waals surface area contributed by atoms with Gasteiger partial charge in [-0.3, -0.25) is 4.79 Å². The lowest BCUT2D eigenvalue weighted by Gasteiger charge is -2.19. The summed E-state index contributed by atoms with van der Waals surface area (Å²) in [5.41, 5.74) is 2.21. The van der Waals surface area contributed by atoms with Gasteiger partial charge in [0.15, 0.2) is 0 Å². The lowest BCUT2D eigenvalue weighted by Crippen LogP contribution is -2.26. The van der Waals surface area contributed by atoms with E-state index in [-0.39, 0.29) is 37.2 Å². The van der Waals surface area contributed by atoms with E-state index in [0.29, 0.717) is 18.0 Å². The molecule has 180 valence electrons. The number of amides is 1. The van der Waals surface area contributed by atoms with Gasteiger partial charge in [0, 0.05) is 24.6 Å². The Bertz CT molecular complexity index is 1340. The third kappa shape index (κ3) is 4.83. The molecule has 1 N–H and O–H groups in total. The molecule has 1 aliphatic heterocycles. The molecule has 1 saturated heterocycles. The van der Waals surface area contributed by atoms with Gasteiger partial charge in [-0.25, -0.2) is 9.37 Å². The Kier molecular flexibility index (Phi) is 6.37. The minimum Gasteiger partial charge on any atom is -0.497 e. The number of fused-ring (bicyclic) bond motifs is 1. The molecule has 0 bridgehead atoms. The Balaban J connectivity index is 1.36. The number of rotatable bonds is 8. The van der Waals surface area contributed by atoms with Crippen LogP contribution in [0.1, 0.15) is 18.2 Å². The first kappa shape index (κ1) is 22.9. The Morgan fingerprint density at radius 3 is 2.63 bits per heavy atom. The fraction of sp³-hybridized carbons (Fsp3) is 0.259. The monoisotopic (exact) mass is 475 g/mol. The van der Waals surface area contributed by atoms with Crippen LogP contribution in [-0.4, -0.2) is 46.9 Å². The van der Waals surface area contributed by atoms with E-state index in [9.17, 15) is 14.3 Å². The summed E-state index contributed by atoms with van der Waals surface area (Å²) >= 11 is 0. The summed E-state index contributed by atoms with van der Waals surface area (Å²) in [7, 11) is 1.60. The van der Waals surface area contributed by atoms with Crippen LogP contribution < -0.4 is 14.4 Å². The van der Waals surface area contributed by atoms with Crippen LogP contribution in [0.15, 0.2) is 72.8 Å². The SMILES string of the molecule is COc1ccc(OC[C@@H](O)Cn2c([C@H]3CC(=O)N(c4cccc(F)c4)C3)nc3ccccc32)cc1. The van der Waals surface area contributed by atoms with Crippen LogP contribution in [0.2, 0.25) is 0 Å². The average molecular weight is 476 g/mol. The van der Waals surface area contributed by atoms with Crippen molar-refractivity contribution in [3.8, 4) is 11.5 Å². The largest absolute Gasteiger partial charge is 0.497 e. The Morgan fingerprint density at radius 1 is 1.09 bits per heavy atom. The molecule has 1 amide bonds. The van der Waals surface area contributed by atoms with Gasteiger partial charge in [0.1, 0.15) is 35.9 Å². The zero-order valence-electron chi connectivity index (χ0n) is 19.3. The van der Waals surface area contributed by atoms with Gasteiger partial charge < -0.3 is 24.0 Å². The number of imidazole rings is 1. The molecule has 1 fully saturated rings. The summed E-state index contributed by atoms with van der Waals surface area (Å²) in [6.07, 6.45) is -0.539. The molecule has 0 unspecified atom stereocenters. The average Bonchev–Trinajstić information content (AvgIpc) is 3.43. The number of methoxy groups -OCH3 is 1. The maximum absolute atomic E-state index is 13.7. The highest BCUT2D eigenvalue weighted by atomic mass is 19.1. The van der Waals surface area contributed by atoms with Crippen LogP contribution in [0.25, 0.3) is 11.0 Å². The number of halogens is 1. The summed E-state index contributed by atoms with van der Waals surface area (Å²) in [6.45, 7) is 0.748. The number of anilines is 1. The molecule has 0 spiro atoms. The molecule has 8 heteroatoms. The Hall–Kier alpha value is -3.91. The Morgan fingerprint density at radius 2 is 1.86 bits per heavy atom. The molecule has 7 nitrogen and oxygen atoms in total. The lowest BCUT2D eigenvalue weighted by molar-refractivity contribution is -0.117. The first-order chi connectivity index (χ1) is 17.0. The van der Waals surface area contributed by atoms with Gasteiger partial charge in [-0.2, -0.15) is 0 Å². The fourth-order valence-corrected chi connectivity index (χ4v) is 4.50. The molecule has 2 heterocycles. The number of benzene rings is 3. The van der Waals surface area contributed by atoms with E-state index >= 15 is 0 Å². The second-order valence-electron chi connectivity index (χ2n) is 8.59. The highest BCUT2D eigenvalue weighted by Crippen LogP contribution is 2.33. The number of carbonyl (C=O) groups excluding carboxylic acids is 1. The molecular formula is C27H26FN3O4. The standard InChI is InChI=1S/C27H26FN3O4/c1-34-22-9-11-23(12-10-22)35-17-21(32)16-31-25-8-3-2-7-24(25)29-27(31)18-13-26(33)30(15-18)20-6-4-5-19(28)14-20/h2-12,14,18,21,32H,13,15-17H2,1H3/t18-,21-/m0/s1. The second-order valence-corrected chi connectivity index (χ2v) is 8.59. The number of aliphatic hydroxyl groups excluding tert-OH is 1. The molecular weight excluding hydrogens is 449 g/mol. The van der Waals surface area contributed by atoms with E-state index in [4.69, 9.17) is 14.5 Å². The van der Waals surface area contributed by atoms with Gasteiger partial charge in [-0.15, -0.1) is 0 Å². The van der Waals surface area contributed by atoms with E-state index in [1.807, 2.05) is 28.8 Å². The number of para-hydroxylation sites is 2. The second kappa shape index (κ2) is 9.76. The smallest absolute Gasteiger partial charge is 0.227 e. The minimum atomic E-state index is -0.801. The van der Waals surface area contributed by atoms with Crippen molar-refractivity contribution in [2.75, 3.05) is 25.2 Å². The molecule has 4 aromatic rings. The molecule has 1 aliphatic rings. The number of hydrogen-bond donors (Lipinski definition) is 1. The first-order valence-electron chi connectivity index (χ1n) is 11.5. The Labute approximate surface area is 202 Å². The van der Waals surface area contributed by atoms with Crippen LogP contribution in [0, 0.1) is 5.82 Å². The van der Waals surface area contributed by atoms with Gasteiger partial charge in [0.2, 0.25) is 5.91 Å². The third-order valence-electron chi connectivity index (χ3n) is 6.19. The van der Waals surface area contributed by atoms with Crippen molar-refractivity contribution < 1.29 is 23.8 Å². The van der Waals surface area contributed by atoms with Crippen molar-refractivity contribution in [3.63, 3.8) is 0 Å². The summed E-state index contributed by atoms with van der Waals surface area (Å²) < 4.78 is 26.6. The molecule has 0 radical (unpaired) electrons. The molecule has 5 rings (SSSR count). The van der Waals surface area contributed by atoms with Crippen molar-refractivity contribution in [1.29, 1.82) is 0 Å². The quantitative estimate of drug-likeness (QED) is 0.415. The van der Waals surface area contributed by atoms with Crippen LogP contribution in [0.3, 0.4) is 0 Å². The van der Waals surface area contributed by atoms with Gasteiger partial charge in [0.25, 0.3) is 0 Å². The van der Waals surface area contributed by atoms with Crippen molar-refractivity contribution in [1.82, 2.24) is 9.55 Å². The highest BCUT2D eigenvalue weighted by Gasteiger charge is 2.35. The summed E-state index contributed by atoms with van der Waals surface area (Å²) in [5.74, 6) is 1.43. The topological polar surface area (TPSA) is 76.8 Å². The van der Waals surface area contributed by atoms with Gasteiger partial charge in [-0.1, -0.05) is 18.2 Å². The third-order valence-corrected chi connectivity index (χ3v) is 6.19. The van der Waals surface area contributed by atoms with E-state index in [1.165, 1.54) is 12.1 Å². The van der Waals surface area contributed by atoms with Crippen molar-refractivity contribution in [2.45, 2.75) is 25.0 Å². The molecule has 0 aliphatic carbocycles. The zero-order chi connectivity index (χ0) is 24.4. The first-order valence-corrected chi connectivity index (χ1v) is 11.5. The number of aromatic nitrogens is 2. The van der Waals surface area contributed by atoms with Gasteiger partial charge in [-0.05, 0) is 54.6 Å². The summed E-state index contributed by atoms with van der Waals surface area (Å²) in [5, 5.41) is 10.8. The maximum atomic E-state index is 13.7. The number of aliphatic hydroxyl groups is 1. The van der Waals surface area contributed by atoms with Crippen LogP contribution >= 0.6 is 0 Å².